The molecule has 2 heterocycles. The molecule has 1 aromatic heterocycles. The highest BCUT2D eigenvalue weighted by molar-refractivity contribution is 6.00. The van der Waals surface area contributed by atoms with Crippen LogP contribution in [0.15, 0.2) is 41.7 Å². The summed E-state index contributed by atoms with van der Waals surface area (Å²) in [5.41, 5.74) is 1.48. The van der Waals surface area contributed by atoms with E-state index in [4.69, 9.17) is 14.5 Å². The highest BCUT2D eigenvalue weighted by atomic mass is 16.5. The smallest absolute Gasteiger partial charge is 0.314 e. The molecule has 6 heteroatoms. The molecule has 4 aliphatic carbocycles. The third kappa shape index (κ3) is 5.56. The third-order valence-electron chi connectivity index (χ3n) is 14.3. The molecule has 262 valence electrons. The molecule has 0 saturated heterocycles. The van der Waals surface area contributed by atoms with Gasteiger partial charge >= 0.3 is 5.97 Å². The van der Waals surface area contributed by atoms with Crippen LogP contribution in [0.2, 0.25) is 0 Å². The van der Waals surface area contributed by atoms with Crippen LogP contribution in [-0.2, 0) is 19.8 Å². The minimum absolute atomic E-state index is 0.0524. The maximum atomic E-state index is 15.2. The van der Waals surface area contributed by atoms with E-state index >= 15 is 4.79 Å². The summed E-state index contributed by atoms with van der Waals surface area (Å²) >= 11 is 0. The number of nitrogens with zero attached hydrogens (tertiary/aromatic N) is 3. The number of unbranched alkanes of at least 4 members (excludes halogenated alkanes) is 2. The molecule has 6 nitrogen and oxygen atoms in total. The summed E-state index contributed by atoms with van der Waals surface area (Å²) in [4.78, 5) is 20.8. The minimum Gasteiger partial charge on any atom is -0.478 e. The Kier molecular flexibility index (Phi) is 9.83. The van der Waals surface area contributed by atoms with Crippen molar-refractivity contribution >= 4 is 11.9 Å². The highest BCUT2D eigenvalue weighted by Crippen LogP contribution is 2.67. The van der Waals surface area contributed by atoms with Crippen LogP contribution in [0.4, 0.5) is 0 Å². The van der Waals surface area contributed by atoms with E-state index in [0.29, 0.717) is 36.2 Å². The van der Waals surface area contributed by atoms with E-state index in [0.717, 1.165) is 53.8 Å². The zero-order valence-electron chi connectivity index (χ0n) is 30.5. The van der Waals surface area contributed by atoms with Gasteiger partial charge in [0.2, 0.25) is 5.90 Å². The number of benzene rings is 1. The van der Waals surface area contributed by atoms with E-state index < -0.39 is 11.0 Å². The first kappa shape index (κ1) is 33.8. The summed E-state index contributed by atoms with van der Waals surface area (Å²) in [6.45, 7) is 9.51. The molecule has 0 amide bonds. The van der Waals surface area contributed by atoms with Crippen molar-refractivity contribution in [1.29, 1.82) is 0 Å². The number of fused-ring (bicyclic) bond motifs is 6. The lowest BCUT2D eigenvalue weighted by Crippen LogP contribution is -2.57. The fourth-order valence-electron chi connectivity index (χ4n) is 12.4. The van der Waals surface area contributed by atoms with E-state index in [9.17, 15) is 0 Å². The number of esters is 1. The van der Waals surface area contributed by atoms with Crippen LogP contribution in [0.3, 0.4) is 0 Å². The molecule has 0 N–H and O–H groups in total. The van der Waals surface area contributed by atoms with Crippen molar-refractivity contribution in [2.45, 2.75) is 130 Å². The van der Waals surface area contributed by atoms with Gasteiger partial charge in [-0.05, 0) is 142 Å². The molecule has 4 saturated carbocycles. The fraction of sp³-hybridized carbons (Fsp3) is 0.738. The van der Waals surface area contributed by atoms with Crippen molar-refractivity contribution in [2.75, 3.05) is 13.7 Å². The van der Waals surface area contributed by atoms with Crippen LogP contribution < -0.4 is 0 Å². The second-order valence-corrected chi connectivity index (χ2v) is 16.6. The van der Waals surface area contributed by atoms with Crippen LogP contribution in [0.1, 0.15) is 135 Å². The number of ether oxygens (including phenoxy) is 2. The molecule has 0 spiro atoms. The molecular formula is C42H61N3O3. The molecule has 0 bridgehead atoms. The molecule has 5 aliphatic rings. The van der Waals surface area contributed by atoms with Gasteiger partial charge in [-0.15, -0.1) is 0 Å². The van der Waals surface area contributed by atoms with Gasteiger partial charge in [-0.1, -0.05) is 58.8 Å². The van der Waals surface area contributed by atoms with E-state index in [1.807, 2.05) is 30.1 Å². The Morgan fingerprint density at radius 2 is 1.79 bits per heavy atom. The van der Waals surface area contributed by atoms with Crippen molar-refractivity contribution in [1.82, 2.24) is 9.78 Å². The van der Waals surface area contributed by atoms with E-state index in [1.165, 1.54) is 77.0 Å². The summed E-state index contributed by atoms with van der Waals surface area (Å²) in [6, 6.07) is 8.47. The minimum atomic E-state index is -0.823. The predicted octanol–water partition coefficient (Wildman–Crippen LogP) is 9.92. The fourth-order valence-corrected chi connectivity index (χ4v) is 12.4. The monoisotopic (exact) mass is 655 g/mol. The van der Waals surface area contributed by atoms with Crippen LogP contribution in [-0.4, -0.2) is 35.4 Å². The molecule has 10 atom stereocenters. The summed E-state index contributed by atoms with van der Waals surface area (Å²) in [6.07, 6.45) is 22.9. The second-order valence-electron chi connectivity index (χ2n) is 16.6. The van der Waals surface area contributed by atoms with Crippen molar-refractivity contribution in [3.05, 3.63) is 47.8 Å². The van der Waals surface area contributed by atoms with Gasteiger partial charge in [0.1, 0.15) is 11.0 Å². The number of hydrogen-bond donors (Lipinski definition) is 0. The zero-order chi connectivity index (χ0) is 33.5. The molecule has 1 aromatic carbocycles. The van der Waals surface area contributed by atoms with Crippen molar-refractivity contribution < 1.29 is 14.3 Å². The SMILES string of the molecule is CCCCCC(C)CC(C(=O)OC)(C1CCC2CCC3C4CCCCC4CCC3C21)C1(C)N=C(OCC)c2ccc(-n3cccn3)cc21. The lowest BCUT2D eigenvalue weighted by atomic mass is 9.48. The van der Waals surface area contributed by atoms with Gasteiger partial charge in [-0.3, -0.25) is 4.79 Å². The number of methoxy groups -OCH3 is 1. The summed E-state index contributed by atoms with van der Waals surface area (Å²) in [7, 11) is 1.63. The Morgan fingerprint density at radius 1 is 1.00 bits per heavy atom. The molecule has 4 fully saturated rings. The largest absolute Gasteiger partial charge is 0.478 e. The van der Waals surface area contributed by atoms with Gasteiger partial charge in [0, 0.05) is 18.0 Å². The average molecular weight is 656 g/mol. The Labute approximate surface area is 289 Å². The first-order valence-electron chi connectivity index (χ1n) is 19.8. The van der Waals surface area contributed by atoms with Crippen molar-refractivity contribution in [2.24, 2.45) is 57.8 Å². The number of rotatable bonds is 11. The number of hydrogen-bond acceptors (Lipinski definition) is 5. The lowest BCUT2D eigenvalue weighted by Gasteiger charge is -2.56. The Morgan fingerprint density at radius 3 is 2.56 bits per heavy atom. The summed E-state index contributed by atoms with van der Waals surface area (Å²) in [5.74, 6) is 5.83. The topological polar surface area (TPSA) is 65.7 Å². The standard InChI is InChI=1S/C42H61N3O3/c1-6-8-9-13-28(3)27-42(40(46)47-5,36-23-18-30-17-20-33-32-15-11-10-14-29(32)16-21-34(33)38(30)36)41(4)37-26-31(45-25-12-24-43-45)19-22-35(37)39(44-41)48-7-2/h12,19,22,24-26,28-30,32-34,36,38H,6-11,13-18,20-21,23,27H2,1-5H3. The van der Waals surface area contributed by atoms with Crippen LogP contribution in [0.25, 0.3) is 5.69 Å². The highest BCUT2D eigenvalue weighted by Gasteiger charge is 2.67. The Balaban J connectivity index is 1.38. The van der Waals surface area contributed by atoms with Gasteiger partial charge in [0.05, 0.1) is 19.4 Å². The van der Waals surface area contributed by atoms with Gasteiger partial charge < -0.3 is 9.47 Å². The van der Waals surface area contributed by atoms with E-state index in [1.54, 1.807) is 7.11 Å². The Bertz CT molecular complexity index is 1450. The normalized spacial score (nSPS) is 34.2. The molecular weight excluding hydrogens is 594 g/mol. The first-order chi connectivity index (χ1) is 23.4. The molecule has 0 radical (unpaired) electrons. The maximum absolute atomic E-state index is 15.2. The molecule has 2 aromatic rings. The molecule has 7 rings (SSSR count). The van der Waals surface area contributed by atoms with Gasteiger partial charge in [-0.25, -0.2) is 9.67 Å². The maximum Gasteiger partial charge on any atom is 0.314 e. The van der Waals surface area contributed by atoms with Crippen molar-refractivity contribution in [3.63, 3.8) is 0 Å². The summed E-state index contributed by atoms with van der Waals surface area (Å²) < 4.78 is 14.3. The van der Waals surface area contributed by atoms with Crippen LogP contribution in [0, 0.1) is 52.8 Å². The van der Waals surface area contributed by atoms with Crippen molar-refractivity contribution in [3.8, 4) is 5.69 Å². The number of carbonyl (C=O) groups excluding carboxylic acids is 1. The zero-order valence-corrected chi connectivity index (χ0v) is 30.5. The van der Waals surface area contributed by atoms with Gasteiger partial charge in [0.15, 0.2) is 0 Å². The third-order valence-corrected chi connectivity index (χ3v) is 14.3. The van der Waals surface area contributed by atoms with E-state index in [2.05, 4.69) is 44.1 Å². The number of aliphatic imine (C=N–C) groups is 1. The second kappa shape index (κ2) is 13.9. The summed E-state index contributed by atoms with van der Waals surface area (Å²) in [5, 5.41) is 4.58. The van der Waals surface area contributed by atoms with Gasteiger partial charge in [0.25, 0.3) is 0 Å². The average Bonchev–Trinajstić information content (AvgIpc) is 3.86. The lowest BCUT2D eigenvalue weighted by molar-refractivity contribution is -0.170. The molecule has 48 heavy (non-hydrogen) atoms. The molecule has 10 unspecified atom stereocenters. The number of aromatic nitrogens is 2. The first-order valence-corrected chi connectivity index (χ1v) is 19.8. The van der Waals surface area contributed by atoms with Crippen LogP contribution in [0.5, 0.6) is 0 Å². The van der Waals surface area contributed by atoms with Gasteiger partial charge in [-0.2, -0.15) is 5.10 Å². The Hall–Kier alpha value is -2.63. The number of carbonyl (C=O) groups is 1. The molecule has 1 aliphatic heterocycles. The van der Waals surface area contributed by atoms with E-state index in [-0.39, 0.29) is 11.9 Å². The van der Waals surface area contributed by atoms with Crippen LogP contribution >= 0.6 is 0 Å². The quantitative estimate of drug-likeness (QED) is 0.179. The predicted molar refractivity (Wildman–Crippen MR) is 192 cm³/mol.